The van der Waals surface area contributed by atoms with Gasteiger partial charge in [0.1, 0.15) is 5.82 Å². The van der Waals surface area contributed by atoms with Gasteiger partial charge in [-0.05, 0) is 29.8 Å². The van der Waals surface area contributed by atoms with Gasteiger partial charge in [-0.15, -0.1) is 0 Å². The Morgan fingerprint density at radius 3 is 2.76 bits per heavy atom. The van der Waals surface area contributed by atoms with Crippen LogP contribution in [0.1, 0.15) is 20.3 Å². The van der Waals surface area contributed by atoms with E-state index in [1.54, 1.807) is 6.20 Å². The lowest BCUT2D eigenvalue weighted by atomic mass is 10.0. The maximum Gasteiger partial charge on any atom is 0.239 e. The standard InChI is InChI=1S/C9H15BrN6O/c1-9(2,3-6(11)17)15-7-5(10)4-13-8(14-7)16-12/h4H,3,12H2,1-2H3,(H2,11,17)(H2,13,14,15,16). The number of hydrazine groups is 1. The number of nitrogens with two attached hydrogens (primary N) is 2. The highest BCUT2D eigenvalue weighted by Gasteiger charge is 2.22. The van der Waals surface area contributed by atoms with Gasteiger partial charge in [0, 0.05) is 18.2 Å². The Balaban J connectivity index is 2.89. The number of carbonyl (C=O) groups is 1. The van der Waals surface area contributed by atoms with E-state index in [1.807, 2.05) is 13.8 Å². The van der Waals surface area contributed by atoms with Crippen molar-refractivity contribution in [2.45, 2.75) is 25.8 Å². The maximum atomic E-state index is 10.9. The summed E-state index contributed by atoms with van der Waals surface area (Å²) in [5, 5.41) is 3.10. The number of nitrogen functional groups attached to an aromatic ring is 1. The van der Waals surface area contributed by atoms with Crippen molar-refractivity contribution in [1.82, 2.24) is 9.97 Å². The molecule has 0 aliphatic heterocycles. The molecule has 17 heavy (non-hydrogen) atoms. The van der Waals surface area contributed by atoms with Gasteiger partial charge in [0.2, 0.25) is 11.9 Å². The number of rotatable bonds is 5. The lowest BCUT2D eigenvalue weighted by Gasteiger charge is -2.26. The molecule has 0 aromatic carbocycles. The molecule has 6 N–H and O–H groups in total. The number of carbonyl (C=O) groups excluding carboxylic acids is 1. The molecule has 7 nitrogen and oxygen atoms in total. The predicted octanol–water partition coefficient (Wildman–Crippen LogP) is 0.591. The van der Waals surface area contributed by atoms with E-state index < -0.39 is 5.54 Å². The molecule has 0 atom stereocenters. The van der Waals surface area contributed by atoms with Crippen LogP contribution in [0.5, 0.6) is 0 Å². The molecule has 1 aromatic heterocycles. The van der Waals surface area contributed by atoms with E-state index in [9.17, 15) is 4.79 Å². The summed E-state index contributed by atoms with van der Waals surface area (Å²) in [7, 11) is 0. The minimum absolute atomic E-state index is 0.189. The van der Waals surface area contributed by atoms with Crippen LogP contribution >= 0.6 is 15.9 Å². The van der Waals surface area contributed by atoms with Crippen LogP contribution in [0, 0.1) is 0 Å². The van der Waals surface area contributed by atoms with Gasteiger partial charge < -0.3 is 11.1 Å². The van der Waals surface area contributed by atoms with Crippen LogP contribution in [0.3, 0.4) is 0 Å². The van der Waals surface area contributed by atoms with Crippen LogP contribution < -0.4 is 22.3 Å². The van der Waals surface area contributed by atoms with E-state index in [-0.39, 0.29) is 18.3 Å². The molecule has 0 saturated carbocycles. The van der Waals surface area contributed by atoms with E-state index in [0.29, 0.717) is 10.3 Å². The Bertz CT molecular complexity index is 422. The number of hydrogen-bond acceptors (Lipinski definition) is 6. The fourth-order valence-corrected chi connectivity index (χ4v) is 1.61. The van der Waals surface area contributed by atoms with Crippen molar-refractivity contribution >= 4 is 33.6 Å². The minimum Gasteiger partial charge on any atom is -0.370 e. The van der Waals surface area contributed by atoms with Crippen LogP contribution in [0.25, 0.3) is 0 Å². The van der Waals surface area contributed by atoms with Crippen molar-refractivity contribution in [2.75, 3.05) is 10.7 Å². The molecule has 94 valence electrons. The molecule has 0 fully saturated rings. The lowest BCUT2D eigenvalue weighted by Crippen LogP contribution is -2.36. The third-order valence-corrected chi connectivity index (χ3v) is 2.53. The van der Waals surface area contributed by atoms with Gasteiger partial charge in [0.15, 0.2) is 0 Å². The summed E-state index contributed by atoms with van der Waals surface area (Å²) in [6.45, 7) is 3.70. The smallest absolute Gasteiger partial charge is 0.239 e. The topological polar surface area (TPSA) is 119 Å². The zero-order valence-electron chi connectivity index (χ0n) is 9.62. The van der Waals surface area contributed by atoms with Gasteiger partial charge in [0.25, 0.3) is 0 Å². The second kappa shape index (κ2) is 5.28. The normalized spacial score (nSPS) is 11.1. The zero-order valence-corrected chi connectivity index (χ0v) is 11.2. The third-order valence-electron chi connectivity index (χ3n) is 1.95. The van der Waals surface area contributed by atoms with E-state index >= 15 is 0 Å². The number of nitrogens with one attached hydrogen (secondary N) is 2. The number of nitrogens with zero attached hydrogens (tertiary/aromatic N) is 2. The summed E-state index contributed by atoms with van der Waals surface area (Å²) in [4.78, 5) is 19.0. The Hall–Kier alpha value is -1.41. The summed E-state index contributed by atoms with van der Waals surface area (Å²) in [6.07, 6.45) is 1.75. The highest BCUT2D eigenvalue weighted by atomic mass is 79.9. The second-order valence-electron chi connectivity index (χ2n) is 4.19. The molecule has 1 amide bonds. The largest absolute Gasteiger partial charge is 0.370 e. The number of halogens is 1. The summed E-state index contributed by atoms with van der Waals surface area (Å²) in [6, 6.07) is 0. The summed E-state index contributed by atoms with van der Waals surface area (Å²) >= 11 is 3.31. The second-order valence-corrected chi connectivity index (χ2v) is 5.04. The Morgan fingerprint density at radius 1 is 1.59 bits per heavy atom. The van der Waals surface area contributed by atoms with Gasteiger partial charge in [0.05, 0.1) is 4.47 Å². The first-order valence-electron chi connectivity index (χ1n) is 4.90. The number of hydrogen-bond donors (Lipinski definition) is 4. The van der Waals surface area contributed by atoms with E-state index in [2.05, 4.69) is 36.6 Å². The van der Waals surface area contributed by atoms with Crippen LogP contribution in [0.2, 0.25) is 0 Å². The Labute approximate surface area is 107 Å². The van der Waals surface area contributed by atoms with E-state index in [0.717, 1.165) is 0 Å². The van der Waals surface area contributed by atoms with Crippen molar-refractivity contribution < 1.29 is 4.79 Å². The first-order chi connectivity index (χ1) is 7.84. The molecule has 0 radical (unpaired) electrons. The molecule has 8 heteroatoms. The summed E-state index contributed by atoms with van der Waals surface area (Å²) < 4.78 is 0.675. The Kier molecular flexibility index (Phi) is 4.24. The van der Waals surface area contributed by atoms with Crippen molar-refractivity contribution in [3.63, 3.8) is 0 Å². The van der Waals surface area contributed by atoms with Gasteiger partial charge >= 0.3 is 0 Å². The minimum atomic E-state index is -0.505. The molecule has 1 aromatic rings. The number of primary amides is 1. The fraction of sp³-hybridized carbons (Fsp3) is 0.444. The zero-order chi connectivity index (χ0) is 13.1. The SMILES string of the molecule is CC(C)(CC(N)=O)Nc1nc(NN)ncc1Br. The number of aromatic nitrogens is 2. The van der Waals surface area contributed by atoms with Gasteiger partial charge in [-0.2, -0.15) is 4.98 Å². The molecule has 0 unspecified atom stereocenters. The number of anilines is 2. The first-order valence-corrected chi connectivity index (χ1v) is 5.69. The first kappa shape index (κ1) is 13.7. The van der Waals surface area contributed by atoms with Gasteiger partial charge in [-0.25, -0.2) is 10.8 Å². The quantitative estimate of drug-likeness (QED) is 0.467. The Morgan fingerprint density at radius 2 is 2.24 bits per heavy atom. The molecular formula is C9H15BrN6O. The van der Waals surface area contributed by atoms with Gasteiger partial charge in [-0.3, -0.25) is 10.2 Å². The van der Waals surface area contributed by atoms with Crippen LogP contribution in [0.4, 0.5) is 11.8 Å². The molecule has 0 aliphatic carbocycles. The molecular weight excluding hydrogens is 288 g/mol. The van der Waals surface area contributed by atoms with Crippen LogP contribution in [-0.4, -0.2) is 21.4 Å². The third kappa shape index (κ3) is 4.16. The van der Waals surface area contributed by atoms with Crippen molar-refractivity contribution in [3.05, 3.63) is 10.7 Å². The molecule has 0 saturated heterocycles. The fourth-order valence-electron chi connectivity index (χ4n) is 1.32. The van der Waals surface area contributed by atoms with Crippen molar-refractivity contribution in [3.8, 4) is 0 Å². The van der Waals surface area contributed by atoms with E-state index in [1.165, 1.54) is 0 Å². The average molecular weight is 303 g/mol. The highest BCUT2D eigenvalue weighted by molar-refractivity contribution is 9.10. The molecule has 0 spiro atoms. The molecule has 0 aliphatic rings. The molecule has 1 rings (SSSR count). The molecule has 0 bridgehead atoms. The number of amides is 1. The monoisotopic (exact) mass is 302 g/mol. The summed E-state index contributed by atoms with van der Waals surface area (Å²) in [5.74, 6) is 5.66. The average Bonchev–Trinajstić information content (AvgIpc) is 2.19. The van der Waals surface area contributed by atoms with E-state index in [4.69, 9.17) is 11.6 Å². The van der Waals surface area contributed by atoms with Crippen LogP contribution in [0.15, 0.2) is 10.7 Å². The maximum absolute atomic E-state index is 10.9. The predicted molar refractivity (Wildman–Crippen MR) is 69.1 cm³/mol. The lowest BCUT2D eigenvalue weighted by molar-refractivity contribution is -0.118. The molecule has 1 heterocycles. The van der Waals surface area contributed by atoms with Crippen molar-refractivity contribution in [1.29, 1.82) is 0 Å². The van der Waals surface area contributed by atoms with Crippen LogP contribution in [-0.2, 0) is 4.79 Å². The van der Waals surface area contributed by atoms with Gasteiger partial charge in [-0.1, -0.05) is 0 Å². The highest BCUT2D eigenvalue weighted by Crippen LogP contribution is 2.24. The summed E-state index contributed by atoms with van der Waals surface area (Å²) in [5.41, 5.74) is 7.01. The van der Waals surface area contributed by atoms with Crippen molar-refractivity contribution in [2.24, 2.45) is 11.6 Å².